The number of nitrogens with zero attached hydrogens (tertiary/aromatic N) is 2. The van der Waals surface area contributed by atoms with Gasteiger partial charge in [0.1, 0.15) is 0 Å². The van der Waals surface area contributed by atoms with Gasteiger partial charge in [0.25, 0.3) is 0 Å². The normalized spacial score (nSPS) is 12.6. The third-order valence-corrected chi connectivity index (χ3v) is 2.21. The Labute approximate surface area is 90.7 Å². The second-order valence-electron chi connectivity index (χ2n) is 4.06. The molecule has 0 aromatic carbocycles. The molecule has 1 N–H and O–H groups in total. The van der Waals surface area contributed by atoms with Crippen LogP contribution in [0.2, 0.25) is 0 Å². The van der Waals surface area contributed by atoms with Gasteiger partial charge in [-0.25, -0.2) is 0 Å². The largest absolute Gasteiger partial charge is 0.481 e. The lowest BCUT2D eigenvalue weighted by Gasteiger charge is -2.20. The van der Waals surface area contributed by atoms with Crippen LogP contribution < -0.4 is 0 Å². The zero-order valence-corrected chi connectivity index (χ0v) is 9.86. The first-order valence-electron chi connectivity index (χ1n) is 4.96. The van der Waals surface area contributed by atoms with Crippen LogP contribution in [-0.2, 0) is 9.59 Å². The fraction of sp³-hybridized carbons (Fsp3) is 0.800. The van der Waals surface area contributed by atoms with E-state index in [-0.39, 0.29) is 12.3 Å². The summed E-state index contributed by atoms with van der Waals surface area (Å²) < 4.78 is 0. The van der Waals surface area contributed by atoms with Crippen molar-refractivity contribution in [3.8, 4) is 0 Å². The van der Waals surface area contributed by atoms with E-state index in [1.807, 2.05) is 19.0 Å². The molecule has 1 amide bonds. The van der Waals surface area contributed by atoms with E-state index in [1.54, 1.807) is 18.9 Å². The standard InChI is InChI=1S/C10H20N2O3/c1-8(10(14)15)7-9(13)12(4)6-5-11(2)3/h8H,5-7H2,1-4H3,(H,14,15)/t8-/m1/s1. The Morgan fingerprint density at radius 2 is 1.73 bits per heavy atom. The van der Waals surface area contributed by atoms with Crippen molar-refractivity contribution in [1.82, 2.24) is 9.80 Å². The Morgan fingerprint density at radius 1 is 1.20 bits per heavy atom. The van der Waals surface area contributed by atoms with Crippen LogP contribution in [0.15, 0.2) is 0 Å². The molecule has 0 unspecified atom stereocenters. The van der Waals surface area contributed by atoms with E-state index in [0.717, 1.165) is 6.54 Å². The molecule has 15 heavy (non-hydrogen) atoms. The minimum Gasteiger partial charge on any atom is -0.481 e. The van der Waals surface area contributed by atoms with Gasteiger partial charge in [-0.3, -0.25) is 9.59 Å². The van der Waals surface area contributed by atoms with Crippen molar-refractivity contribution < 1.29 is 14.7 Å². The summed E-state index contributed by atoms with van der Waals surface area (Å²) in [5.41, 5.74) is 0. The van der Waals surface area contributed by atoms with Crippen LogP contribution in [0, 0.1) is 5.92 Å². The van der Waals surface area contributed by atoms with Gasteiger partial charge in [0, 0.05) is 26.6 Å². The summed E-state index contributed by atoms with van der Waals surface area (Å²) in [7, 11) is 5.55. The summed E-state index contributed by atoms with van der Waals surface area (Å²) >= 11 is 0. The van der Waals surface area contributed by atoms with Crippen molar-refractivity contribution in [2.24, 2.45) is 5.92 Å². The number of hydrogen-bond acceptors (Lipinski definition) is 3. The predicted molar refractivity (Wildman–Crippen MR) is 57.6 cm³/mol. The van der Waals surface area contributed by atoms with Gasteiger partial charge in [-0.15, -0.1) is 0 Å². The number of carboxylic acid groups (broad SMARTS) is 1. The highest BCUT2D eigenvalue weighted by Crippen LogP contribution is 2.04. The summed E-state index contributed by atoms with van der Waals surface area (Å²) in [6, 6.07) is 0. The minimum absolute atomic E-state index is 0.0687. The molecule has 1 atom stereocenters. The first kappa shape index (κ1) is 13.9. The molecule has 0 saturated carbocycles. The molecule has 0 radical (unpaired) electrons. The Balaban J connectivity index is 3.94. The third-order valence-electron chi connectivity index (χ3n) is 2.21. The van der Waals surface area contributed by atoms with E-state index >= 15 is 0 Å². The van der Waals surface area contributed by atoms with Crippen LogP contribution in [0.25, 0.3) is 0 Å². The summed E-state index contributed by atoms with van der Waals surface area (Å²) in [5.74, 6) is -1.66. The number of aliphatic carboxylic acids is 1. The molecule has 88 valence electrons. The second kappa shape index (κ2) is 6.40. The average Bonchev–Trinajstić information content (AvgIpc) is 2.13. The molecule has 0 aromatic heterocycles. The van der Waals surface area contributed by atoms with Crippen molar-refractivity contribution in [1.29, 1.82) is 0 Å². The van der Waals surface area contributed by atoms with Gasteiger partial charge in [0.05, 0.1) is 5.92 Å². The Morgan fingerprint density at radius 3 is 2.13 bits per heavy atom. The highest BCUT2D eigenvalue weighted by Gasteiger charge is 2.18. The second-order valence-corrected chi connectivity index (χ2v) is 4.06. The quantitative estimate of drug-likeness (QED) is 0.685. The van der Waals surface area contributed by atoms with Crippen LogP contribution >= 0.6 is 0 Å². The maximum atomic E-state index is 11.5. The molecule has 5 nitrogen and oxygen atoms in total. The van der Waals surface area contributed by atoms with Gasteiger partial charge in [-0.05, 0) is 14.1 Å². The monoisotopic (exact) mass is 216 g/mol. The van der Waals surface area contributed by atoms with Gasteiger partial charge in [0.2, 0.25) is 5.91 Å². The van der Waals surface area contributed by atoms with Crippen molar-refractivity contribution in [3.63, 3.8) is 0 Å². The van der Waals surface area contributed by atoms with E-state index < -0.39 is 11.9 Å². The predicted octanol–water partition coefficient (Wildman–Crippen LogP) is 0.117. The number of carbonyl (C=O) groups is 2. The maximum Gasteiger partial charge on any atom is 0.306 e. The SMILES string of the molecule is C[C@H](CC(=O)N(C)CCN(C)C)C(=O)O. The van der Waals surface area contributed by atoms with E-state index in [2.05, 4.69) is 0 Å². The minimum atomic E-state index is -0.927. The number of hydrogen-bond donors (Lipinski definition) is 1. The van der Waals surface area contributed by atoms with Gasteiger partial charge in [0.15, 0.2) is 0 Å². The molecule has 5 heteroatoms. The molecule has 0 aromatic rings. The lowest BCUT2D eigenvalue weighted by atomic mass is 10.1. The molecule has 0 spiro atoms. The number of amides is 1. The summed E-state index contributed by atoms with van der Waals surface area (Å²) in [6.07, 6.45) is 0.0687. The molecule has 0 saturated heterocycles. The molecule has 0 aliphatic rings. The zero-order valence-electron chi connectivity index (χ0n) is 9.86. The highest BCUT2D eigenvalue weighted by molar-refractivity contribution is 5.81. The van der Waals surface area contributed by atoms with Crippen LogP contribution in [0.3, 0.4) is 0 Å². The zero-order chi connectivity index (χ0) is 12.0. The van der Waals surface area contributed by atoms with Gasteiger partial charge >= 0.3 is 5.97 Å². The number of likely N-dealkylation sites (N-methyl/N-ethyl adjacent to an activating group) is 2. The van der Waals surface area contributed by atoms with E-state index in [1.165, 1.54) is 0 Å². The van der Waals surface area contributed by atoms with Crippen LogP contribution in [-0.4, -0.2) is 61.0 Å². The summed E-state index contributed by atoms with van der Waals surface area (Å²) in [4.78, 5) is 25.6. The first-order valence-corrected chi connectivity index (χ1v) is 4.96. The van der Waals surface area contributed by atoms with Crippen LogP contribution in [0.5, 0.6) is 0 Å². The molecule has 0 rings (SSSR count). The van der Waals surface area contributed by atoms with Gasteiger partial charge < -0.3 is 14.9 Å². The fourth-order valence-corrected chi connectivity index (χ4v) is 0.980. The molecule has 0 aliphatic carbocycles. The van der Waals surface area contributed by atoms with Gasteiger partial charge in [-0.1, -0.05) is 6.92 Å². The lowest BCUT2D eigenvalue weighted by molar-refractivity contribution is -0.145. The number of carbonyl (C=O) groups excluding carboxylic acids is 1. The smallest absolute Gasteiger partial charge is 0.306 e. The number of rotatable bonds is 6. The molecular formula is C10H20N2O3. The molecular weight excluding hydrogens is 196 g/mol. The Kier molecular flexibility index (Phi) is 5.93. The van der Waals surface area contributed by atoms with Crippen molar-refractivity contribution >= 4 is 11.9 Å². The maximum absolute atomic E-state index is 11.5. The van der Waals surface area contributed by atoms with E-state index in [4.69, 9.17) is 5.11 Å². The molecule has 0 aliphatic heterocycles. The number of carboxylic acids is 1. The van der Waals surface area contributed by atoms with Gasteiger partial charge in [-0.2, -0.15) is 0 Å². The van der Waals surface area contributed by atoms with Crippen LogP contribution in [0.1, 0.15) is 13.3 Å². The molecule has 0 heterocycles. The van der Waals surface area contributed by atoms with E-state index in [9.17, 15) is 9.59 Å². The lowest BCUT2D eigenvalue weighted by Crippen LogP contribution is -2.34. The fourth-order valence-electron chi connectivity index (χ4n) is 0.980. The third kappa shape index (κ3) is 6.06. The highest BCUT2D eigenvalue weighted by atomic mass is 16.4. The molecule has 0 bridgehead atoms. The van der Waals surface area contributed by atoms with E-state index in [0.29, 0.717) is 6.54 Å². The summed E-state index contributed by atoms with van der Waals surface area (Å²) in [5, 5.41) is 8.65. The Hall–Kier alpha value is -1.10. The topological polar surface area (TPSA) is 60.9 Å². The van der Waals surface area contributed by atoms with Crippen molar-refractivity contribution in [2.75, 3.05) is 34.2 Å². The average molecular weight is 216 g/mol. The van der Waals surface area contributed by atoms with Crippen LogP contribution in [0.4, 0.5) is 0 Å². The van der Waals surface area contributed by atoms with Crippen molar-refractivity contribution in [2.45, 2.75) is 13.3 Å². The van der Waals surface area contributed by atoms with Crippen molar-refractivity contribution in [3.05, 3.63) is 0 Å². The molecule has 0 fully saturated rings. The first-order chi connectivity index (χ1) is 6.84. The Bertz CT molecular complexity index is 229. The summed E-state index contributed by atoms with van der Waals surface area (Å²) in [6.45, 7) is 2.95.